The van der Waals surface area contributed by atoms with Crippen molar-refractivity contribution >= 4 is 11.9 Å². The van der Waals surface area contributed by atoms with Crippen LogP contribution in [0.1, 0.15) is 43.0 Å². The van der Waals surface area contributed by atoms with Gasteiger partial charge in [-0.2, -0.15) is 0 Å². The molecule has 0 aliphatic carbocycles. The maximum atomic E-state index is 11.4. The van der Waals surface area contributed by atoms with Gasteiger partial charge in [-0.15, -0.1) is 0 Å². The molecule has 108 valence electrons. The lowest BCUT2D eigenvalue weighted by Crippen LogP contribution is -2.28. The number of oxime groups is 1. The molecule has 0 fully saturated rings. The standard InChI is InChI=1S/C14H19N3O3/c1-8(2)6-12-9-4-3-5-10(13(15)16-20)11(9)7-17(12)14(18)19/h3-5,8,12,20H,6-7H2,1-2H3,(H2,15,16)(H,18,19). The van der Waals surface area contributed by atoms with Crippen molar-refractivity contribution in [3.8, 4) is 0 Å². The Hall–Kier alpha value is -2.24. The Morgan fingerprint density at radius 3 is 2.80 bits per heavy atom. The minimum absolute atomic E-state index is 0.0115. The third kappa shape index (κ3) is 2.41. The van der Waals surface area contributed by atoms with Crippen molar-refractivity contribution < 1.29 is 15.1 Å². The summed E-state index contributed by atoms with van der Waals surface area (Å²) in [6.07, 6.45) is -0.198. The molecule has 1 aromatic rings. The summed E-state index contributed by atoms with van der Waals surface area (Å²) in [7, 11) is 0. The number of benzene rings is 1. The first-order valence-corrected chi connectivity index (χ1v) is 6.55. The first kappa shape index (κ1) is 14.2. The van der Waals surface area contributed by atoms with E-state index >= 15 is 0 Å². The van der Waals surface area contributed by atoms with Gasteiger partial charge in [0.1, 0.15) is 0 Å². The van der Waals surface area contributed by atoms with Crippen LogP contribution < -0.4 is 5.73 Å². The van der Waals surface area contributed by atoms with Crippen LogP contribution in [-0.4, -0.2) is 27.1 Å². The first-order chi connectivity index (χ1) is 9.45. The zero-order chi connectivity index (χ0) is 14.9. The number of nitrogens with zero attached hydrogens (tertiary/aromatic N) is 2. The van der Waals surface area contributed by atoms with Gasteiger partial charge in [0.2, 0.25) is 0 Å². The van der Waals surface area contributed by atoms with Crippen LogP contribution in [0.25, 0.3) is 0 Å². The van der Waals surface area contributed by atoms with E-state index in [9.17, 15) is 9.90 Å². The average Bonchev–Trinajstić information content (AvgIpc) is 2.76. The molecule has 4 N–H and O–H groups in total. The summed E-state index contributed by atoms with van der Waals surface area (Å²) < 4.78 is 0. The predicted molar refractivity (Wildman–Crippen MR) is 74.7 cm³/mol. The van der Waals surface area contributed by atoms with E-state index in [1.165, 1.54) is 4.90 Å². The molecule has 1 atom stereocenters. The second kappa shape index (κ2) is 5.40. The number of amides is 1. The summed E-state index contributed by atoms with van der Waals surface area (Å²) in [5.41, 5.74) is 8.05. The van der Waals surface area contributed by atoms with Gasteiger partial charge in [-0.3, -0.25) is 4.90 Å². The zero-order valence-electron chi connectivity index (χ0n) is 11.6. The molecule has 20 heavy (non-hydrogen) atoms. The van der Waals surface area contributed by atoms with E-state index in [0.717, 1.165) is 17.5 Å². The van der Waals surface area contributed by atoms with Gasteiger partial charge < -0.3 is 16.0 Å². The van der Waals surface area contributed by atoms with Crippen molar-refractivity contribution in [3.63, 3.8) is 0 Å². The maximum Gasteiger partial charge on any atom is 0.408 e. The number of carbonyl (C=O) groups is 1. The Balaban J connectivity index is 2.49. The van der Waals surface area contributed by atoms with E-state index in [2.05, 4.69) is 19.0 Å². The van der Waals surface area contributed by atoms with E-state index < -0.39 is 6.09 Å². The van der Waals surface area contributed by atoms with E-state index in [1.807, 2.05) is 12.1 Å². The Labute approximate surface area is 117 Å². The van der Waals surface area contributed by atoms with Gasteiger partial charge in [0.25, 0.3) is 0 Å². The van der Waals surface area contributed by atoms with Crippen molar-refractivity contribution in [2.24, 2.45) is 16.8 Å². The topological polar surface area (TPSA) is 99.2 Å². The highest BCUT2D eigenvalue weighted by Crippen LogP contribution is 2.39. The van der Waals surface area contributed by atoms with Gasteiger partial charge in [0, 0.05) is 5.56 Å². The molecule has 1 unspecified atom stereocenters. The number of hydrogen-bond acceptors (Lipinski definition) is 3. The summed E-state index contributed by atoms with van der Waals surface area (Å²) in [4.78, 5) is 12.8. The number of nitrogens with two attached hydrogens (primary N) is 1. The summed E-state index contributed by atoms with van der Waals surface area (Å²) in [5, 5.41) is 21.2. The summed E-state index contributed by atoms with van der Waals surface area (Å²) in [5.74, 6) is 0.387. The van der Waals surface area contributed by atoms with E-state index in [1.54, 1.807) is 6.07 Å². The summed E-state index contributed by atoms with van der Waals surface area (Å²) >= 11 is 0. The van der Waals surface area contributed by atoms with Crippen LogP contribution >= 0.6 is 0 Å². The van der Waals surface area contributed by atoms with Crippen molar-refractivity contribution in [2.75, 3.05) is 0 Å². The minimum Gasteiger partial charge on any atom is -0.465 e. The molecule has 0 bridgehead atoms. The van der Waals surface area contributed by atoms with Crippen molar-refractivity contribution in [3.05, 3.63) is 34.9 Å². The van der Waals surface area contributed by atoms with Gasteiger partial charge >= 0.3 is 6.09 Å². The maximum absolute atomic E-state index is 11.4. The lowest BCUT2D eigenvalue weighted by atomic mass is 9.94. The highest BCUT2D eigenvalue weighted by molar-refractivity contribution is 5.99. The third-order valence-electron chi connectivity index (χ3n) is 3.60. The first-order valence-electron chi connectivity index (χ1n) is 6.55. The molecule has 1 aromatic carbocycles. The zero-order valence-corrected chi connectivity index (χ0v) is 11.6. The van der Waals surface area contributed by atoms with Crippen LogP contribution in [0.4, 0.5) is 4.79 Å². The number of carboxylic acid groups (broad SMARTS) is 1. The van der Waals surface area contributed by atoms with Crippen LogP contribution in [0.5, 0.6) is 0 Å². The fraction of sp³-hybridized carbons (Fsp3) is 0.429. The SMILES string of the molecule is CC(C)CC1c2cccc(C(N)=NO)c2CN1C(=O)O. The van der Waals surface area contributed by atoms with Crippen LogP contribution in [0, 0.1) is 5.92 Å². The van der Waals surface area contributed by atoms with Crippen LogP contribution in [0.15, 0.2) is 23.4 Å². The third-order valence-corrected chi connectivity index (χ3v) is 3.60. The molecule has 1 aliphatic rings. The number of hydrogen-bond donors (Lipinski definition) is 3. The molecule has 0 saturated carbocycles. The Morgan fingerprint density at radius 1 is 1.55 bits per heavy atom. The predicted octanol–water partition coefficient (Wildman–Crippen LogP) is 2.36. The Morgan fingerprint density at radius 2 is 2.25 bits per heavy atom. The molecule has 0 spiro atoms. The molecule has 0 aromatic heterocycles. The van der Waals surface area contributed by atoms with Gasteiger partial charge in [-0.05, 0) is 23.5 Å². The van der Waals surface area contributed by atoms with Gasteiger partial charge in [-0.1, -0.05) is 37.2 Å². The molecule has 6 heteroatoms. The fourth-order valence-electron chi connectivity index (χ4n) is 2.74. The van der Waals surface area contributed by atoms with Gasteiger partial charge in [-0.25, -0.2) is 4.79 Å². The highest BCUT2D eigenvalue weighted by atomic mass is 16.4. The lowest BCUT2D eigenvalue weighted by molar-refractivity contribution is 0.123. The molecule has 2 rings (SSSR count). The minimum atomic E-state index is -0.947. The quantitative estimate of drug-likeness (QED) is 0.342. The lowest BCUT2D eigenvalue weighted by Gasteiger charge is -2.23. The average molecular weight is 277 g/mol. The molecular weight excluding hydrogens is 258 g/mol. The van der Waals surface area contributed by atoms with Crippen LogP contribution in [0.2, 0.25) is 0 Å². The van der Waals surface area contributed by atoms with Crippen molar-refractivity contribution in [2.45, 2.75) is 32.9 Å². The summed E-state index contributed by atoms with van der Waals surface area (Å²) in [6, 6.07) is 5.30. The monoisotopic (exact) mass is 277 g/mol. The van der Waals surface area contributed by atoms with Crippen LogP contribution in [-0.2, 0) is 6.54 Å². The fourth-order valence-corrected chi connectivity index (χ4v) is 2.74. The normalized spacial score (nSPS) is 18.4. The van der Waals surface area contributed by atoms with Crippen LogP contribution in [0.3, 0.4) is 0 Å². The molecule has 0 saturated heterocycles. The molecule has 0 radical (unpaired) electrons. The van der Waals surface area contributed by atoms with Gasteiger partial charge in [0.15, 0.2) is 5.84 Å². The second-order valence-electron chi connectivity index (χ2n) is 5.41. The summed E-state index contributed by atoms with van der Waals surface area (Å²) in [6.45, 7) is 4.39. The Bertz CT molecular complexity index is 555. The van der Waals surface area contributed by atoms with E-state index in [-0.39, 0.29) is 18.4 Å². The van der Waals surface area contributed by atoms with Crippen molar-refractivity contribution in [1.29, 1.82) is 0 Å². The molecule has 6 nitrogen and oxygen atoms in total. The van der Waals surface area contributed by atoms with E-state index in [4.69, 9.17) is 10.9 Å². The van der Waals surface area contributed by atoms with E-state index in [0.29, 0.717) is 11.5 Å². The smallest absolute Gasteiger partial charge is 0.408 e. The number of fused-ring (bicyclic) bond motifs is 1. The molecule has 1 aliphatic heterocycles. The molecular formula is C14H19N3O3. The van der Waals surface area contributed by atoms with Crippen molar-refractivity contribution in [1.82, 2.24) is 4.90 Å². The molecule has 1 heterocycles. The van der Waals surface area contributed by atoms with Gasteiger partial charge in [0.05, 0.1) is 12.6 Å². The number of amidine groups is 1. The Kier molecular flexibility index (Phi) is 3.83. The number of rotatable bonds is 3. The highest BCUT2D eigenvalue weighted by Gasteiger charge is 2.35. The second-order valence-corrected chi connectivity index (χ2v) is 5.41. The molecule has 1 amide bonds. The largest absolute Gasteiger partial charge is 0.465 e.